The zero-order valence-electron chi connectivity index (χ0n) is 10.0. The maximum Gasteiger partial charge on any atom is 0.232 e. The molecule has 1 aliphatic rings. The molecule has 1 aromatic rings. The van der Waals surface area contributed by atoms with Gasteiger partial charge in [-0.3, -0.25) is 4.79 Å². The molecule has 1 aromatic carbocycles. The van der Waals surface area contributed by atoms with Gasteiger partial charge in [0.1, 0.15) is 0 Å². The summed E-state index contributed by atoms with van der Waals surface area (Å²) in [7, 11) is 0. The Hall–Kier alpha value is -1.55. The second kappa shape index (κ2) is 5.19. The number of nitrogens with one attached hydrogen (secondary N) is 1. The minimum Gasteiger partial charge on any atom is -0.395 e. The molecular weight excluding hydrogens is 216 g/mol. The number of hydrogen-bond acceptors (Lipinski definition) is 3. The third-order valence-electron chi connectivity index (χ3n) is 3.19. The minimum absolute atomic E-state index is 0.0153. The molecule has 1 unspecified atom stereocenters. The summed E-state index contributed by atoms with van der Waals surface area (Å²) in [4.78, 5) is 14.0. The highest BCUT2D eigenvalue weighted by molar-refractivity contribution is 5.88. The van der Waals surface area contributed by atoms with Crippen molar-refractivity contribution in [3.8, 4) is 0 Å². The van der Waals surface area contributed by atoms with Gasteiger partial charge in [0.05, 0.1) is 12.5 Å². The zero-order chi connectivity index (χ0) is 12.3. The number of aliphatic hydroxyl groups is 1. The number of carbonyl (C=O) groups is 1. The molecule has 0 radical (unpaired) electrons. The Morgan fingerprint density at radius 2 is 2.29 bits per heavy atom. The maximum atomic E-state index is 12.3. The molecule has 0 aromatic heterocycles. The highest BCUT2D eigenvalue weighted by atomic mass is 16.3. The second-order valence-corrected chi connectivity index (χ2v) is 4.16. The number of benzene rings is 1. The van der Waals surface area contributed by atoms with Crippen molar-refractivity contribution in [1.82, 2.24) is 4.90 Å². The quantitative estimate of drug-likeness (QED) is 0.818. The van der Waals surface area contributed by atoms with Crippen molar-refractivity contribution in [2.75, 3.05) is 31.6 Å². The van der Waals surface area contributed by atoms with Crippen LogP contribution in [0, 0.1) is 0 Å². The molecule has 4 heteroatoms. The molecule has 2 N–H and O–H groups in total. The molecule has 1 heterocycles. The van der Waals surface area contributed by atoms with E-state index in [0.29, 0.717) is 19.6 Å². The van der Waals surface area contributed by atoms with Crippen LogP contribution in [0.4, 0.5) is 5.69 Å². The van der Waals surface area contributed by atoms with Gasteiger partial charge in [-0.05, 0) is 18.6 Å². The lowest BCUT2D eigenvalue weighted by atomic mass is 10.00. The largest absolute Gasteiger partial charge is 0.395 e. The Morgan fingerprint density at radius 3 is 3.00 bits per heavy atom. The van der Waals surface area contributed by atoms with E-state index in [9.17, 15) is 4.79 Å². The van der Waals surface area contributed by atoms with Gasteiger partial charge in [-0.25, -0.2) is 0 Å². The molecule has 0 saturated heterocycles. The van der Waals surface area contributed by atoms with E-state index in [1.54, 1.807) is 4.90 Å². The fourth-order valence-corrected chi connectivity index (χ4v) is 2.27. The minimum atomic E-state index is -0.113. The Morgan fingerprint density at radius 1 is 1.53 bits per heavy atom. The van der Waals surface area contributed by atoms with Gasteiger partial charge in [0.25, 0.3) is 0 Å². The van der Waals surface area contributed by atoms with Crippen LogP contribution in [0.2, 0.25) is 0 Å². The van der Waals surface area contributed by atoms with Crippen LogP contribution >= 0.6 is 0 Å². The lowest BCUT2D eigenvalue weighted by Gasteiger charge is -2.23. The molecule has 0 fully saturated rings. The van der Waals surface area contributed by atoms with Crippen LogP contribution in [0.1, 0.15) is 18.4 Å². The predicted molar refractivity (Wildman–Crippen MR) is 67.0 cm³/mol. The standard InChI is InChI=1S/C13H18N2O2/c1-2-15(7-8-16)13(17)11-9-14-12-6-4-3-5-10(11)12/h3-6,11,14,16H,2,7-9H2,1H3. The molecule has 0 spiro atoms. The average molecular weight is 234 g/mol. The fraction of sp³-hybridized carbons (Fsp3) is 0.462. The fourth-order valence-electron chi connectivity index (χ4n) is 2.27. The van der Waals surface area contributed by atoms with Gasteiger partial charge in [-0.1, -0.05) is 18.2 Å². The molecule has 1 aliphatic heterocycles. The third-order valence-corrected chi connectivity index (χ3v) is 3.19. The first-order chi connectivity index (χ1) is 8.27. The summed E-state index contributed by atoms with van der Waals surface area (Å²) in [6, 6.07) is 7.90. The third kappa shape index (κ3) is 2.26. The molecule has 1 amide bonds. The molecule has 17 heavy (non-hydrogen) atoms. The number of rotatable bonds is 4. The van der Waals surface area contributed by atoms with Crippen LogP contribution in [0.5, 0.6) is 0 Å². The van der Waals surface area contributed by atoms with E-state index in [1.165, 1.54) is 0 Å². The SMILES string of the molecule is CCN(CCO)C(=O)C1CNc2ccccc21. The zero-order valence-corrected chi connectivity index (χ0v) is 10.0. The Labute approximate surface area is 101 Å². The van der Waals surface area contributed by atoms with Crippen LogP contribution in [-0.4, -0.2) is 42.2 Å². The first-order valence-corrected chi connectivity index (χ1v) is 6.00. The number of para-hydroxylation sites is 1. The van der Waals surface area contributed by atoms with Crippen molar-refractivity contribution in [3.63, 3.8) is 0 Å². The average Bonchev–Trinajstić information content (AvgIpc) is 2.79. The van der Waals surface area contributed by atoms with E-state index in [0.717, 1.165) is 11.3 Å². The topological polar surface area (TPSA) is 52.6 Å². The molecule has 92 valence electrons. The number of carbonyl (C=O) groups excluding carboxylic acids is 1. The molecule has 1 atom stereocenters. The van der Waals surface area contributed by atoms with Gasteiger partial charge in [0.2, 0.25) is 5.91 Å². The highest BCUT2D eigenvalue weighted by Crippen LogP contribution is 2.32. The Bertz CT molecular complexity index is 406. The number of hydrogen-bond donors (Lipinski definition) is 2. The van der Waals surface area contributed by atoms with Crippen molar-refractivity contribution in [2.24, 2.45) is 0 Å². The summed E-state index contributed by atoms with van der Waals surface area (Å²) in [5.74, 6) is -0.0169. The molecule has 0 saturated carbocycles. The highest BCUT2D eigenvalue weighted by Gasteiger charge is 2.30. The number of nitrogens with zero attached hydrogens (tertiary/aromatic N) is 1. The lowest BCUT2D eigenvalue weighted by Crippen LogP contribution is -2.37. The number of amides is 1. The number of aliphatic hydroxyl groups excluding tert-OH is 1. The van der Waals surface area contributed by atoms with E-state index in [2.05, 4.69) is 5.32 Å². The molecule has 4 nitrogen and oxygen atoms in total. The van der Waals surface area contributed by atoms with Gasteiger partial charge < -0.3 is 15.3 Å². The van der Waals surface area contributed by atoms with Gasteiger partial charge >= 0.3 is 0 Å². The summed E-state index contributed by atoms with van der Waals surface area (Å²) in [5, 5.41) is 12.2. The lowest BCUT2D eigenvalue weighted by molar-refractivity contribution is -0.132. The molecule has 0 aliphatic carbocycles. The van der Waals surface area contributed by atoms with Gasteiger partial charge in [-0.2, -0.15) is 0 Å². The predicted octanol–water partition coefficient (Wildman–Crippen LogP) is 1.04. The van der Waals surface area contributed by atoms with E-state index in [1.807, 2.05) is 31.2 Å². The smallest absolute Gasteiger partial charge is 0.232 e. The van der Waals surface area contributed by atoms with Gasteiger partial charge in [0, 0.05) is 25.3 Å². The summed E-state index contributed by atoms with van der Waals surface area (Å²) >= 11 is 0. The first-order valence-electron chi connectivity index (χ1n) is 6.00. The summed E-state index contributed by atoms with van der Waals surface area (Å²) in [6.07, 6.45) is 0. The van der Waals surface area contributed by atoms with Crippen molar-refractivity contribution in [3.05, 3.63) is 29.8 Å². The summed E-state index contributed by atoms with van der Waals surface area (Å²) < 4.78 is 0. The van der Waals surface area contributed by atoms with E-state index in [4.69, 9.17) is 5.11 Å². The van der Waals surface area contributed by atoms with Crippen molar-refractivity contribution >= 4 is 11.6 Å². The monoisotopic (exact) mass is 234 g/mol. The molecule has 0 bridgehead atoms. The van der Waals surface area contributed by atoms with Gasteiger partial charge in [0.15, 0.2) is 0 Å². The number of likely N-dealkylation sites (N-methyl/N-ethyl adjacent to an activating group) is 1. The van der Waals surface area contributed by atoms with Crippen molar-refractivity contribution in [2.45, 2.75) is 12.8 Å². The second-order valence-electron chi connectivity index (χ2n) is 4.16. The van der Waals surface area contributed by atoms with E-state index >= 15 is 0 Å². The normalized spacial score (nSPS) is 17.4. The number of fused-ring (bicyclic) bond motifs is 1. The van der Waals surface area contributed by atoms with Crippen LogP contribution in [0.3, 0.4) is 0 Å². The van der Waals surface area contributed by atoms with Crippen LogP contribution in [0.25, 0.3) is 0 Å². The Kier molecular flexibility index (Phi) is 3.64. The summed E-state index contributed by atoms with van der Waals surface area (Å²) in [6.45, 7) is 3.65. The van der Waals surface area contributed by atoms with Crippen LogP contribution < -0.4 is 5.32 Å². The van der Waals surface area contributed by atoms with Crippen molar-refractivity contribution in [1.29, 1.82) is 0 Å². The van der Waals surface area contributed by atoms with Crippen LogP contribution in [-0.2, 0) is 4.79 Å². The first kappa shape index (κ1) is 11.9. The Balaban J connectivity index is 2.16. The molecular formula is C13H18N2O2. The van der Waals surface area contributed by atoms with Crippen LogP contribution in [0.15, 0.2) is 24.3 Å². The maximum absolute atomic E-state index is 12.3. The summed E-state index contributed by atoms with van der Waals surface area (Å²) in [5.41, 5.74) is 2.11. The van der Waals surface area contributed by atoms with E-state index in [-0.39, 0.29) is 18.4 Å². The van der Waals surface area contributed by atoms with E-state index < -0.39 is 0 Å². The molecule has 2 rings (SSSR count). The number of anilines is 1. The van der Waals surface area contributed by atoms with Crippen molar-refractivity contribution < 1.29 is 9.90 Å². The van der Waals surface area contributed by atoms with Gasteiger partial charge in [-0.15, -0.1) is 0 Å².